The van der Waals surface area contributed by atoms with E-state index in [9.17, 15) is 13.2 Å². The van der Waals surface area contributed by atoms with Gasteiger partial charge in [-0.25, -0.2) is 13.2 Å². The highest BCUT2D eigenvalue weighted by atomic mass is 32.2. The lowest BCUT2D eigenvalue weighted by Crippen LogP contribution is -2.30. The molecule has 0 unspecified atom stereocenters. The van der Waals surface area contributed by atoms with E-state index in [1.54, 1.807) is 6.07 Å². The zero-order chi connectivity index (χ0) is 14.6. The standard InChI is InChI=1S/C13H17N3O3S/c1-20(18,19)8-2-6-15-13(17)16-11-3-4-12-10(9-11)5-7-14-12/h3-5,7,9,14H,2,6,8H2,1H3,(H2,15,16,17). The van der Waals surface area contributed by atoms with Crippen LogP contribution in [0.25, 0.3) is 10.9 Å². The van der Waals surface area contributed by atoms with Crippen molar-refractivity contribution in [1.29, 1.82) is 0 Å². The third-order valence-electron chi connectivity index (χ3n) is 2.79. The van der Waals surface area contributed by atoms with E-state index in [2.05, 4.69) is 15.6 Å². The Morgan fingerprint density at radius 2 is 2.10 bits per heavy atom. The predicted molar refractivity (Wildman–Crippen MR) is 79.6 cm³/mol. The number of carbonyl (C=O) groups is 1. The summed E-state index contributed by atoms with van der Waals surface area (Å²) in [5.74, 6) is 0.0720. The first-order valence-electron chi connectivity index (χ1n) is 6.24. The Kier molecular flexibility index (Phi) is 4.29. The smallest absolute Gasteiger partial charge is 0.319 e. The van der Waals surface area contributed by atoms with Gasteiger partial charge in [-0.2, -0.15) is 0 Å². The Hall–Kier alpha value is -2.02. The molecule has 2 amide bonds. The maximum absolute atomic E-state index is 11.6. The molecule has 2 rings (SSSR count). The number of sulfone groups is 1. The van der Waals surface area contributed by atoms with Crippen LogP contribution >= 0.6 is 0 Å². The van der Waals surface area contributed by atoms with Gasteiger partial charge in [0.1, 0.15) is 9.84 Å². The Morgan fingerprint density at radius 3 is 2.85 bits per heavy atom. The maximum atomic E-state index is 11.6. The molecule has 0 fully saturated rings. The summed E-state index contributed by atoms with van der Waals surface area (Å²) in [6.45, 7) is 0.325. The molecule has 0 saturated heterocycles. The van der Waals surface area contributed by atoms with Crippen molar-refractivity contribution in [2.24, 2.45) is 0 Å². The summed E-state index contributed by atoms with van der Waals surface area (Å²) in [5.41, 5.74) is 1.70. The molecule has 0 bridgehead atoms. The average molecular weight is 295 g/mol. The number of nitrogens with one attached hydrogen (secondary N) is 3. The molecule has 0 atom stereocenters. The fraction of sp³-hybridized carbons (Fsp3) is 0.308. The van der Waals surface area contributed by atoms with Gasteiger partial charge in [0.05, 0.1) is 5.75 Å². The maximum Gasteiger partial charge on any atom is 0.319 e. The summed E-state index contributed by atoms with van der Waals surface area (Å²) in [7, 11) is -2.97. The van der Waals surface area contributed by atoms with E-state index in [1.807, 2.05) is 24.4 Å². The molecule has 1 aromatic heterocycles. The Morgan fingerprint density at radius 1 is 1.30 bits per heavy atom. The van der Waals surface area contributed by atoms with Gasteiger partial charge in [0, 0.05) is 35.6 Å². The summed E-state index contributed by atoms with van der Waals surface area (Å²) < 4.78 is 21.9. The van der Waals surface area contributed by atoms with Gasteiger partial charge < -0.3 is 15.6 Å². The van der Waals surface area contributed by atoms with Gasteiger partial charge in [0.25, 0.3) is 0 Å². The molecule has 0 radical (unpaired) electrons. The van der Waals surface area contributed by atoms with E-state index in [-0.39, 0.29) is 11.8 Å². The molecule has 0 aliphatic rings. The number of anilines is 1. The zero-order valence-corrected chi connectivity index (χ0v) is 12.0. The second-order valence-electron chi connectivity index (χ2n) is 4.64. The van der Waals surface area contributed by atoms with Crippen molar-refractivity contribution in [2.75, 3.05) is 23.9 Å². The molecular formula is C13H17N3O3S. The van der Waals surface area contributed by atoms with Crippen LogP contribution in [-0.4, -0.2) is 38.0 Å². The number of aromatic nitrogens is 1. The lowest BCUT2D eigenvalue weighted by Gasteiger charge is -2.07. The van der Waals surface area contributed by atoms with Crippen LogP contribution in [0.1, 0.15) is 6.42 Å². The minimum atomic E-state index is -2.97. The number of hydrogen-bond donors (Lipinski definition) is 3. The molecule has 0 aliphatic heterocycles. The normalized spacial score (nSPS) is 11.4. The van der Waals surface area contributed by atoms with Gasteiger partial charge >= 0.3 is 6.03 Å². The van der Waals surface area contributed by atoms with Gasteiger partial charge in [-0.15, -0.1) is 0 Å². The number of fused-ring (bicyclic) bond motifs is 1. The highest BCUT2D eigenvalue weighted by Gasteiger charge is 2.04. The van der Waals surface area contributed by atoms with Crippen LogP contribution in [0.15, 0.2) is 30.5 Å². The first kappa shape index (κ1) is 14.4. The van der Waals surface area contributed by atoms with Crippen LogP contribution in [0.5, 0.6) is 0 Å². The van der Waals surface area contributed by atoms with Gasteiger partial charge in [0.2, 0.25) is 0 Å². The molecule has 0 aliphatic carbocycles. The van der Waals surface area contributed by atoms with Crippen molar-refractivity contribution in [3.63, 3.8) is 0 Å². The quantitative estimate of drug-likeness (QED) is 0.734. The average Bonchev–Trinajstić information content (AvgIpc) is 2.81. The number of rotatable bonds is 5. The first-order chi connectivity index (χ1) is 9.44. The number of carbonyl (C=O) groups excluding carboxylic acids is 1. The third-order valence-corrected chi connectivity index (χ3v) is 3.82. The third kappa shape index (κ3) is 4.27. The van der Waals surface area contributed by atoms with E-state index >= 15 is 0 Å². The number of H-pyrrole nitrogens is 1. The molecule has 1 aromatic carbocycles. The van der Waals surface area contributed by atoms with Crippen LogP contribution < -0.4 is 10.6 Å². The van der Waals surface area contributed by atoms with Crippen molar-refractivity contribution in [3.8, 4) is 0 Å². The van der Waals surface area contributed by atoms with Crippen molar-refractivity contribution in [2.45, 2.75) is 6.42 Å². The topological polar surface area (TPSA) is 91.1 Å². The summed E-state index contributed by atoms with van der Waals surface area (Å²) in [4.78, 5) is 14.7. The first-order valence-corrected chi connectivity index (χ1v) is 8.30. The lowest BCUT2D eigenvalue weighted by atomic mass is 10.2. The largest absolute Gasteiger partial charge is 0.361 e. The minimum Gasteiger partial charge on any atom is -0.361 e. The van der Waals surface area contributed by atoms with Crippen LogP contribution in [0.4, 0.5) is 10.5 Å². The molecule has 108 valence electrons. The van der Waals surface area contributed by atoms with Crippen molar-refractivity contribution in [3.05, 3.63) is 30.5 Å². The van der Waals surface area contributed by atoms with Crippen LogP contribution in [0.2, 0.25) is 0 Å². The van der Waals surface area contributed by atoms with Gasteiger partial charge in [0.15, 0.2) is 0 Å². The predicted octanol–water partition coefficient (Wildman–Crippen LogP) is 1.72. The number of benzene rings is 1. The Balaban J connectivity index is 1.82. The van der Waals surface area contributed by atoms with E-state index in [1.165, 1.54) is 6.26 Å². The van der Waals surface area contributed by atoms with E-state index in [0.29, 0.717) is 18.7 Å². The zero-order valence-electron chi connectivity index (χ0n) is 11.1. The van der Waals surface area contributed by atoms with Gasteiger partial charge in [-0.1, -0.05) is 0 Å². The van der Waals surface area contributed by atoms with E-state index in [0.717, 1.165) is 10.9 Å². The number of hydrogen-bond acceptors (Lipinski definition) is 3. The number of aromatic amines is 1. The van der Waals surface area contributed by atoms with Crippen LogP contribution in [0, 0.1) is 0 Å². The molecule has 0 spiro atoms. The summed E-state index contributed by atoms with van der Waals surface area (Å²) in [6.07, 6.45) is 3.42. The number of urea groups is 1. The second kappa shape index (κ2) is 5.96. The van der Waals surface area contributed by atoms with Gasteiger partial charge in [-0.3, -0.25) is 0 Å². The molecule has 3 N–H and O–H groups in total. The van der Waals surface area contributed by atoms with Crippen molar-refractivity contribution >= 4 is 32.5 Å². The van der Waals surface area contributed by atoms with Crippen LogP contribution in [-0.2, 0) is 9.84 Å². The van der Waals surface area contributed by atoms with Crippen molar-refractivity contribution < 1.29 is 13.2 Å². The summed E-state index contributed by atoms with van der Waals surface area (Å²) >= 11 is 0. The SMILES string of the molecule is CS(=O)(=O)CCCNC(=O)Nc1ccc2[nH]ccc2c1. The molecule has 6 nitrogen and oxygen atoms in total. The second-order valence-corrected chi connectivity index (χ2v) is 6.90. The van der Waals surface area contributed by atoms with Crippen LogP contribution in [0.3, 0.4) is 0 Å². The monoisotopic (exact) mass is 295 g/mol. The van der Waals surface area contributed by atoms with Gasteiger partial charge in [-0.05, 0) is 30.7 Å². The molecule has 20 heavy (non-hydrogen) atoms. The fourth-order valence-corrected chi connectivity index (χ4v) is 2.51. The molecule has 1 heterocycles. The van der Waals surface area contributed by atoms with Crippen molar-refractivity contribution in [1.82, 2.24) is 10.3 Å². The molecule has 7 heteroatoms. The Labute approximate surface area is 117 Å². The lowest BCUT2D eigenvalue weighted by molar-refractivity contribution is 0.252. The van der Waals surface area contributed by atoms with E-state index < -0.39 is 9.84 Å². The molecular weight excluding hydrogens is 278 g/mol. The van der Waals surface area contributed by atoms with E-state index in [4.69, 9.17) is 0 Å². The molecule has 2 aromatic rings. The Bertz CT molecular complexity index is 706. The molecule has 0 saturated carbocycles. The summed E-state index contributed by atoms with van der Waals surface area (Å²) in [5, 5.41) is 6.35. The number of amides is 2. The summed E-state index contributed by atoms with van der Waals surface area (Å²) in [6, 6.07) is 7.13. The highest BCUT2D eigenvalue weighted by molar-refractivity contribution is 7.90. The fourth-order valence-electron chi connectivity index (χ4n) is 1.84. The minimum absolute atomic E-state index is 0.0720. The highest BCUT2D eigenvalue weighted by Crippen LogP contribution is 2.17.